The van der Waals surface area contributed by atoms with Crippen LogP contribution in [-0.4, -0.2) is 47.6 Å². The van der Waals surface area contributed by atoms with Crippen LogP contribution in [0.5, 0.6) is 5.75 Å². The standard InChI is InChI=1S/C23H22FN3O3/c1-29-19-8-4-17(5-9-19)20-13-25-14-21(26-20)22-15-27(10-11-30-22)23(28)12-16-2-6-18(24)7-3-16/h2-9,13-14,22H,10-12,15H2,1H3/t22-/m0/s1. The molecule has 0 N–H and O–H groups in total. The molecule has 0 aliphatic carbocycles. The molecule has 1 aliphatic rings. The normalized spacial score (nSPS) is 16.3. The molecule has 1 saturated heterocycles. The van der Waals surface area contributed by atoms with E-state index in [0.29, 0.717) is 25.4 Å². The minimum atomic E-state index is -0.346. The molecule has 1 aliphatic heterocycles. The maximum Gasteiger partial charge on any atom is 0.227 e. The van der Waals surface area contributed by atoms with Gasteiger partial charge >= 0.3 is 0 Å². The van der Waals surface area contributed by atoms with E-state index in [1.807, 2.05) is 24.3 Å². The molecule has 0 saturated carbocycles. The number of benzene rings is 2. The van der Waals surface area contributed by atoms with Gasteiger partial charge in [0.25, 0.3) is 0 Å². The Balaban J connectivity index is 1.46. The lowest BCUT2D eigenvalue weighted by Gasteiger charge is -2.32. The highest BCUT2D eigenvalue weighted by Crippen LogP contribution is 2.25. The molecule has 1 amide bonds. The third-order valence-corrected chi connectivity index (χ3v) is 5.06. The molecule has 1 atom stereocenters. The Kier molecular flexibility index (Phi) is 5.99. The van der Waals surface area contributed by atoms with Crippen LogP contribution in [0.25, 0.3) is 11.3 Å². The van der Waals surface area contributed by atoms with Gasteiger partial charge in [0.2, 0.25) is 5.91 Å². The van der Waals surface area contributed by atoms with Gasteiger partial charge < -0.3 is 14.4 Å². The van der Waals surface area contributed by atoms with Crippen LogP contribution in [0.15, 0.2) is 60.9 Å². The van der Waals surface area contributed by atoms with Gasteiger partial charge in [0, 0.05) is 12.1 Å². The Morgan fingerprint density at radius 1 is 1.17 bits per heavy atom. The van der Waals surface area contributed by atoms with Crippen molar-refractivity contribution < 1.29 is 18.7 Å². The molecule has 2 heterocycles. The van der Waals surface area contributed by atoms with Gasteiger partial charge in [0.05, 0.1) is 50.5 Å². The molecule has 0 spiro atoms. The first-order valence-corrected chi connectivity index (χ1v) is 9.72. The number of aromatic nitrogens is 2. The largest absolute Gasteiger partial charge is 0.497 e. The van der Waals surface area contributed by atoms with E-state index in [4.69, 9.17) is 14.5 Å². The number of rotatable bonds is 5. The van der Waals surface area contributed by atoms with Crippen LogP contribution >= 0.6 is 0 Å². The van der Waals surface area contributed by atoms with Crippen LogP contribution in [0, 0.1) is 5.82 Å². The third kappa shape index (κ3) is 4.63. The minimum Gasteiger partial charge on any atom is -0.497 e. The van der Waals surface area contributed by atoms with Crippen LogP contribution in [0.4, 0.5) is 4.39 Å². The SMILES string of the molecule is COc1ccc(-c2cncc([C@@H]3CN(C(=O)Cc4ccc(F)cc4)CCO3)n2)cc1. The maximum atomic E-state index is 13.1. The summed E-state index contributed by atoms with van der Waals surface area (Å²) in [5.41, 5.74) is 3.12. The molecule has 1 aromatic heterocycles. The highest BCUT2D eigenvalue weighted by Gasteiger charge is 2.26. The number of carbonyl (C=O) groups excluding carboxylic acids is 1. The number of halogens is 1. The first-order valence-electron chi connectivity index (χ1n) is 9.72. The van der Waals surface area contributed by atoms with E-state index in [1.54, 1.807) is 36.5 Å². The number of hydrogen-bond acceptors (Lipinski definition) is 5. The highest BCUT2D eigenvalue weighted by atomic mass is 19.1. The zero-order valence-corrected chi connectivity index (χ0v) is 16.6. The number of methoxy groups -OCH3 is 1. The number of amides is 1. The van der Waals surface area contributed by atoms with E-state index in [-0.39, 0.29) is 24.2 Å². The van der Waals surface area contributed by atoms with Gasteiger partial charge in [0.1, 0.15) is 17.7 Å². The van der Waals surface area contributed by atoms with Crippen molar-refractivity contribution in [2.75, 3.05) is 26.8 Å². The molecule has 0 radical (unpaired) electrons. The number of ether oxygens (including phenoxy) is 2. The fourth-order valence-corrected chi connectivity index (χ4v) is 3.38. The van der Waals surface area contributed by atoms with Crippen molar-refractivity contribution in [3.8, 4) is 17.0 Å². The van der Waals surface area contributed by atoms with Gasteiger partial charge in [-0.3, -0.25) is 9.78 Å². The third-order valence-electron chi connectivity index (χ3n) is 5.06. The summed E-state index contributed by atoms with van der Waals surface area (Å²) in [6.45, 7) is 1.34. The van der Waals surface area contributed by atoms with E-state index < -0.39 is 0 Å². The molecular weight excluding hydrogens is 385 g/mol. The summed E-state index contributed by atoms with van der Waals surface area (Å²) < 4.78 is 24.1. The number of carbonyl (C=O) groups is 1. The summed E-state index contributed by atoms with van der Waals surface area (Å²) in [5.74, 6) is 0.441. The predicted octanol–water partition coefficient (Wildman–Crippen LogP) is 3.43. The summed E-state index contributed by atoms with van der Waals surface area (Å²) in [6, 6.07) is 13.6. The van der Waals surface area contributed by atoms with Crippen LogP contribution in [0.1, 0.15) is 17.4 Å². The predicted molar refractivity (Wildman–Crippen MR) is 109 cm³/mol. The Morgan fingerprint density at radius 3 is 2.67 bits per heavy atom. The van der Waals surface area contributed by atoms with E-state index in [2.05, 4.69) is 4.98 Å². The van der Waals surface area contributed by atoms with Gasteiger partial charge in [-0.25, -0.2) is 9.37 Å². The molecule has 0 unspecified atom stereocenters. The van der Waals surface area contributed by atoms with E-state index in [1.165, 1.54) is 12.1 Å². The lowest BCUT2D eigenvalue weighted by molar-refractivity contribution is -0.138. The summed E-state index contributed by atoms with van der Waals surface area (Å²) in [7, 11) is 1.62. The second-order valence-corrected chi connectivity index (χ2v) is 7.06. The molecule has 7 heteroatoms. The molecule has 154 valence electrons. The van der Waals surface area contributed by atoms with Crippen LogP contribution in [0.3, 0.4) is 0 Å². The minimum absolute atomic E-state index is 0.0193. The van der Waals surface area contributed by atoms with E-state index in [0.717, 1.165) is 22.6 Å². The average molecular weight is 407 g/mol. The summed E-state index contributed by atoms with van der Waals surface area (Å²) >= 11 is 0. The smallest absolute Gasteiger partial charge is 0.227 e. The molecule has 30 heavy (non-hydrogen) atoms. The summed E-state index contributed by atoms with van der Waals surface area (Å²) in [4.78, 5) is 23.5. The lowest BCUT2D eigenvalue weighted by atomic mass is 10.1. The summed E-state index contributed by atoms with van der Waals surface area (Å²) in [5, 5.41) is 0. The molecular formula is C23H22FN3O3. The Morgan fingerprint density at radius 2 is 1.93 bits per heavy atom. The van der Waals surface area contributed by atoms with Crippen molar-refractivity contribution in [1.82, 2.24) is 14.9 Å². The second kappa shape index (κ2) is 9.00. The van der Waals surface area contributed by atoms with Crippen molar-refractivity contribution in [1.29, 1.82) is 0 Å². The van der Waals surface area contributed by atoms with Crippen LogP contribution < -0.4 is 4.74 Å². The van der Waals surface area contributed by atoms with Gasteiger partial charge in [-0.05, 0) is 42.0 Å². The molecule has 2 aromatic carbocycles. The number of nitrogens with zero attached hydrogens (tertiary/aromatic N) is 3. The quantitative estimate of drug-likeness (QED) is 0.648. The fourth-order valence-electron chi connectivity index (χ4n) is 3.38. The first-order chi connectivity index (χ1) is 14.6. The van der Waals surface area contributed by atoms with E-state index >= 15 is 0 Å². The molecule has 6 nitrogen and oxygen atoms in total. The number of hydrogen-bond donors (Lipinski definition) is 0. The Bertz CT molecular complexity index is 1010. The molecule has 4 rings (SSSR count). The monoisotopic (exact) mass is 407 g/mol. The fraction of sp³-hybridized carbons (Fsp3) is 0.261. The second-order valence-electron chi connectivity index (χ2n) is 7.06. The van der Waals surface area contributed by atoms with Gasteiger partial charge in [-0.1, -0.05) is 12.1 Å². The maximum absolute atomic E-state index is 13.1. The Hall–Kier alpha value is -3.32. The Labute approximate surface area is 174 Å². The van der Waals surface area contributed by atoms with Crippen LogP contribution in [-0.2, 0) is 16.0 Å². The zero-order valence-electron chi connectivity index (χ0n) is 16.6. The van der Waals surface area contributed by atoms with E-state index in [9.17, 15) is 9.18 Å². The zero-order chi connectivity index (χ0) is 20.9. The van der Waals surface area contributed by atoms with Gasteiger partial charge in [-0.2, -0.15) is 0 Å². The van der Waals surface area contributed by atoms with Gasteiger partial charge in [0.15, 0.2) is 0 Å². The topological polar surface area (TPSA) is 64.5 Å². The number of morpholine rings is 1. The highest BCUT2D eigenvalue weighted by molar-refractivity contribution is 5.79. The van der Waals surface area contributed by atoms with Crippen molar-refractivity contribution in [3.05, 3.63) is 78.0 Å². The van der Waals surface area contributed by atoms with Crippen molar-refractivity contribution >= 4 is 5.91 Å². The molecule has 1 fully saturated rings. The van der Waals surface area contributed by atoms with Crippen molar-refractivity contribution in [2.45, 2.75) is 12.5 Å². The van der Waals surface area contributed by atoms with Crippen LogP contribution in [0.2, 0.25) is 0 Å². The van der Waals surface area contributed by atoms with Crippen molar-refractivity contribution in [2.24, 2.45) is 0 Å². The van der Waals surface area contributed by atoms with Gasteiger partial charge in [-0.15, -0.1) is 0 Å². The lowest BCUT2D eigenvalue weighted by Crippen LogP contribution is -2.43. The molecule has 3 aromatic rings. The summed E-state index contributed by atoms with van der Waals surface area (Å²) in [6.07, 6.45) is 3.25. The first kappa shape index (κ1) is 20.0. The van der Waals surface area contributed by atoms with Crippen molar-refractivity contribution in [3.63, 3.8) is 0 Å². The molecule has 0 bridgehead atoms. The average Bonchev–Trinajstić information content (AvgIpc) is 2.81.